The Morgan fingerprint density at radius 2 is 2.05 bits per heavy atom. The minimum atomic E-state index is -0.427. The van der Waals surface area contributed by atoms with Gasteiger partial charge in [-0.3, -0.25) is 14.9 Å². The predicted octanol–water partition coefficient (Wildman–Crippen LogP) is 2.61. The van der Waals surface area contributed by atoms with Crippen molar-refractivity contribution in [2.24, 2.45) is 0 Å². The molecule has 0 fully saturated rings. The SMILES string of the molecule is Cc1nn(-c2ccccc2[N+](=O)[O-])c2c1C(=O)CCC2. The highest BCUT2D eigenvalue weighted by molar-refractivity contribution is 5.99. The first-order valence-electron chi connectivity index (χ1n) is 6.45. The van der Waals surface area contributed by atoms with Crippen molar-refractivity contribution in [3.05, 3.63) is 51.3 Å². The van der Waals surface area contributed by atoms with Crippen LogP contribution in [0.2, 0.25) is 0 Å². The molecule has 0 N–H and O–H groups in total. The van der Waals surface area contributed by atoms with E-state index < -0.39 is 4.92 Å². The lowest BCUT2D eigenvalue weighted by Crippen LogP contribution is -2.13. The number of aryl methyl sites for hydroxylation is 1. The number of fused-ring (bicyclic) bond motifs is 1. The molecule has 0 radical (unpaired) electrons. The summed E-state index contributed by atoms with van der Waals surface area (Å²) >= 11 is 0. The maximum absolute atomic E-state index is 12.0. The van der Waals surface area contributed by atoms with E-state index in [0.29, 0.717) is 29.8 Å². The minimum absolute atomic E-state index is 0.00387. The number of rotatable bonds is 2. The van der Waals surface area contributed by atoms with Gasteiger partial charge >= 0.3 is 0 Å². The Morgan fingerprint density at radius 1 is 1.30 bits per heavy atom. The van der Waals surface area contributed by atoms with Crippen molar-refractivity contribution in [1.29, 1.82) is 0 Å². The van der Waals surface area contributed by atoms with Gasteiger partial charge in [-0.25, -0.2) is 4.68 Å². The number of benzene rings is 1. The monoisotopic (exact) mass is 271 g/mol. The molecule has 102 valence electrons. The Hall–Kier alpha value is -2.50. The smallest absolute Gasteiger partial charge is 0.294 e. The molecule has 3 rings (SSSR count). The molecule has 0 unspecified atom stereocenters. The average Bonchev–Trinajstić information content (AvgIpc) is 2.77. The van der Waals surface area contributed by atoms with Crippen molar-refractivity contribution in [3.63, 3.8) is 0 Å². The number of Topliss-reactive ketones (excluding diaryl/α,β-unsaturated/α-hetero) is 1. The Kier molecular flexibility index (Phi) is 2.85. The summed E-state index contributed by atoms with van der Waals surface area (Å²) in [7, 11) is 0. The molecule has 0 aliphatic heterocycles. The third-order valence-electron chi connectivity index (χ3n) is 3.56. The van der Waals surface area contributed by atoms with Crippen LogP contribution in [0.5, 0.6) is 0 Å². The normalized spacial score (nSPS) is 14.2. The second-order valence-electron chi connectivity index (χ2n) is 4.84. The van der Waals surface area contributed by atoms with E-state index in [1.165, 1.54) is 6.07 Å². The van der Waals surface area contributed by atoms with E-state index in [-0.39, 0.29) is 11.5 Å². The Labute approximate surface area is 115 Å². The minimum Gasteiger partial charge on any atom is -0.294 e. The van der Waals surface area contributed by atoms with E-state index in [1.807, 2.05) is 0 Å². The van der Waals surface area contributed by atoms with E-state index in [2.05, 4.69) is 5.10 Å². The molecule has 0 spiro atoms. The molecule has 0 atom stereocenters. The number of carbonyl (C=O) groups is 1. The molecule has 0 saturated carbocycles. The lowest BCUT2D eigenvalue weighted by atomic mass is 9.94. The van der Waals surface area contributed by atoms with Gasteiger partial charge in [0, 0.05) is 12.5 Å². The molecule has 1 aliphatic rings. The summed E-state index contributed by atoms with van der Waals surface area (Å²) < 4.78 is 1.56. The van der Waals surface area contributed by atoms with Crippen molar-refractivity contribution in [2.45, 2.75) is 26.2 Å². The highest BCUT2D eigenvalue weighted by Crippen LogP contribution is 2.30. The zero-order chi connectivity index (χ0) is 14.3. The number of nitrogens with zero attached hydrogens (tertiary/aromatic N) is 3. The van der Waals surface area contributed by atoms with Gasteiger partial charge in [-0.15, -0.1) is 0 Å². The fourth-order valence-electron chi connectivity index (χ4n) is 2.71. The van der Waals surface area contributed by atoms with Gasteiger partial charge in [0.2, 0.25) is 0 Å². The van der Waals surface area contributed by atoms with Gasteiger partial charge in [0.15, 0.2) is 5.78 Å². The second-order valence-corrected chi connectivity index (χ2v) is 4.84. The standard InChI is InChI=1S/C14H13N3O3/c1-9-14-12(7-4-8-13(14)18)16(15-9)10-5-2-3-6-11(10)17(19)20/h2-3,5-6H,4,7-8H2,1H3. The summed E-state index contributed by atoms with van der Waals surface area (Å²) in [5.74, 6) is 0.0774. The number of aromatic nitrogens is 2. The van der Waals surface area contributed by atoms with Crippen LogP contribution in [0.15, 0.2) is 24.3 Å². The Morgan fingerprint density at radius 3 is 2.80 bits per heavy atom. The van der Waals surface area contributed by atoms with Crippen LogP contribution >= 0.6 is 0 Å². The van der Waals surface area contributed by atoms with Crippen molar-refractivity contribution in [3.8, 4) is 5.69 Å². The number of hydrogen-bond acceptors (Lipinski definition) is 4. The van der Waals surface area contributed by atoms with Crippen LogP contribution in [0.25, 0.3) is 5.69 Å². The van der Waals surface area contributed by atoms with Gasteiger partial charge in [-0.2, -0.15) is 5.10 Å². The molecule has 2 aromatic rings. The van der Waals surface area contributed by atoms with Crippen LogP contribution in [-0.2, 0) is 6.42 Å². The van der Waals surface area contributed by atoms with Crippen molar-refractivity contribution in [1.82, 2.24) is 9.78 Å². The molecule has 0 bridgehead atoms. The van der Waals surface area contributed by atoms with E-state index >= 15 is 0 Å². The molecule has 0 amide bonds. The molecule has 6 nitrogen and oxygen atoms in total. The zero-order valence-electron chi connectivity index (χ0n) is 11.0. The summed E-state index contributed by atoms with van der Waals surface area (Å²) in [5.41, 5.74) is 2.47. The first-order valence-corrected chi connectivity index (χ1v) is 6.45. The van der Waals surface area contributed by atoms with E-state index in [9.17, 15) is 14.9 Å². The van der Waals surface area contributed by atoms with Crippen LogP contribution < -0.4 is 0 Å². The topological polar surface area (TPSA) is 78.0 Å². The summed E-state index contributed by atoms with van der Waals surface area (Å²) in [5, 5.41) is 15.5. The first-order chi connectivity index (χ1) is 9.59. The van der Waals surface area contributed by atoms with Crippen LogP contribution in [-0.4, -0.2) is 20.5 Å². The Balaban J connectivity index is 2.24. The number of nitro groups is 1. The van der Waals surface area contributed by atoms with Crippen LogP contribution in [0.3, 0.4) is 0 Å². The van der Waals surface area contributed by atoms with E-state index in [4.69, 9.17) is 0 Å². The van der Waals surface area contributed by atoms with Gasteiger partial charge in [0.25, 0.3) is 5.69 Å². The number of carbonyl (C=O) groups excluding carboxylic acids is 1. The highest BCUT2D eigenvalue weighted by Gasteiger charge is 2.27. The van der Waals surface area contributed by atoms with Gasteiger partial charge in [0.05, 0.1) is 21.9 Å². The number of ketones is 1. The highest BCUT2D eigenvalue weighted by atomic mass is 16.6. The largest absolute Gasteiger partial charge is 0.294 e. The summed E-state index contributed by atoms with van der Waals surface area (Å²) in [6.07, 6.45) is 2.00. The number of para-hydroxylation sites is 2. The zero-order valence-corrected chi connectivity index (χ0v) is 11.0. The quantitative estimate of drug-likeness (QED) is 0.621. The van der Waals surface area contributed by atoms with Gasteiger partial charge in [-0.05, 0) is 25.8 Å². The van der Waals surface area contributed by atoms with Crippen LogP contribution in [0, 0.1) is 17.0 Å². The molecular formula is C14H13N3O3. The third-order valence-corrected chi connectivity index (χ3v) is 3.56. The summed E-state index contributed by atoms with van der Waals surface area (Å²) in [4.78, 5) is 22.7. The van der Waals surface area contributed by atoms with Gasteiger partial charge in [-0.1, -0.05) is 12.1 Å². The van der Waals surface area contributed by atoms with E-state index in [0.717, 1.165) is 12.1 Å². The van der Waals surface area contributed by atoms with Crippen molar-refractivity contribution in [2.75, 3.05) is 0 Å². The molecule has 1 aromatic heterocycles. The van der Waals surface area contributed by atoms with Crippen molar-refractivity contribution < 1.29 is 9.72 Å². The van der Waals surface area contributed by atoms with Crippen molar-refractivity contribution >= 4 is 11.5 Å². The molecule has 0 saturated heterocycles. The second kappa shape index (κ2) is 4.56. The van der Waals surface area contributed by atoms with Gasteiger partial charge < -0.3 is 0 Å². The Bertz CT molecular complexity index is 718. The predicted molar refractivity (Wildman–Crippen MR) is 72.2 cm³/mol. The summed E-state index contributed by atoms with van der Waals surface area (Å²) in [6.45, 7) is 1.77. The maximum Gasteiger partial charge on any atom is 0.294 e. The fourth-order valence-corrected chi connectivity index (χ4v) is 2.71. The molecule has 1 aliphatic carbocycles. The van der Waals surface area contributed by atoms with Gasteiger partial charge in [0.1, 0.15) is 5.69 Å². The lowest BCUT2D eigenvalue weighted by molar-refractivity contribution is -0.384. The fraction of sp³-hybridized carbons (Fsp3) is 0.286. The maximum atomic E-state index is 12.0. The molecule has 6 heteroatoms. The molecule has 1 aromatic carbocycles. The molecule has 20 heavy (non-hydrogen) atoms. The summed E-state index contributed by atoms with van der Waals surface area (Å²) in [6, 6.07) is 6.46. The first kappa shape index (κ1) is 12.5. The van der Waals surface area contributed by atoms with Crippen LogP contribution in [0.1, 0.15) is 34.6 Å². The number of hydrogen-bond donors (Lipinski definition) is 0. The molecular weight excluding hydrogens is 258 g/mol. The average molecular weight is 271 g/mol. The third kappa shape index (κ3) is 1.80. The van der Waals surface area contributed by atoms with Crippen LogP contribution in [0.4, 0.5) is 5.69 Å². The molecule has 1 heterocycles. The number of nitro benzene ring substituents is 1. The lowest BCUT2D eigenvalue weighted by Gasteiger charge is -2.13. The van der Waals surface area contributed by atoms with E-state index in [1.54, 1.807) is 29.8 Å².